The Morgan fingerprint density at radius 1 is 1.50 bits per heavy atom. The Labute approximate surface area is 129 Å². The molecule has 22 heavy (non-hydrogen) atoms. The first-order chi connectivity index (χ1) is 10.6. The van der Waals surface area contributed by atoms with Gasteiger partial charge in [0.25, 0.3) is 0 Å². The highest BCUT2D eigenvalue weighted by molar-refractivity contribution is 5.99. The molecule has 0 aromatic heterocycles. The van der Waals surface area contributed by atoms with Crippen LogP contribution < -0.4 is 16.0 Å². The van der Waals surface area contributed by atoms with Crippen molar-refractivity contribution in [2.45, 2.75) is 25.8 Å². The SMILES string of the molecule is Cc1ccccc1N(C(=O)CN)[C@H](C=O)C[C@@H]1CCNC1=O. The molecular weight excluding hydrogens is 282 g/mol. The van der Waals surface area contributed by atoms with E-state index in [1.165, 1.54) is 4.90 Å². The minimum absolute atomic E-state index is 0.0585. The molecule has 0 bridgehead atoms. The molecule has 0 saturated carbocycles. The molecule has 0 aliphatic carbocycles. The Kier molecular flexibility index (Phi) is 5.27. The van der Waals surface area contributed by atoms with Gasteiger partial charge in [-0.1, -0.05) is 18.2 Å². The molecule has 2 rings (SSSR count). The monoisotopic (exact) mass is 303 g/mol. The van der Waals surface area contributed by atoms with Crippen LogP contribution in [0.25, 0.3) is 0 Å². The first-order valence-electron chi connectivity index (χ1n) is 7.39. The second kappa shape index (κ2) is 7.17. The summed E-state index contributed by atoms with van der Waals surface area (Å²) in [6.07, 6.45) is 1.72. The van der Waals surface area contributed by atoms with Crippen molar-refractivity contribution in [2.75, 3.05) is 18.0 Å². The fourth-order valence-electron chi connectivity index (χ4n) is 2.81. The smallest absolute Gasteiger partial charge is 0.241 e. The lowest BCUT2D eigenvalue weighted by molar-refractivity contribution is -0.124. The number of hydrogen-bond donors (Lipinski definition) is 2. The third kappa shape index (κ3) is 3.33. The lowest BCUT2D eigenvalue weighted by Crippen LogP contribution is -2.46. The molecule has 6 heteroatoms. The van der Waals surface area contributed by atoms with E-state index in [0.717, 1.165) is 11.8 Å². The van der Waals surface area contributed by atoms with Crippen LogP contribution in [0.15, 0.2) is 24.3 Å². The molecule has 0 spiro atoms. The zero-order valence-corrected chi connectivity index (χ0v) is 12.6. The second-order valence-electron chi connectivity index (χ2n) is 5.47. The van der Waals surface area contributed by atoms with Gasteiger partial charge < -0.3 is 20.7 Å². The average molecular weight is 303 g/mol. The number of nitrogens with one attached hydrogen (secondary N) is 1. The first kappa shape index (κ1) is 16.2. The molecule has 1 aromatic rings. The number of nitrogens with two attached hydrogens (primary N) is 1. The number of aryl methyl sites for hydroxylation is 1. The van der Waals surface area contributed by atoms with E-state index in [9.17, 15) is 14.4 Å². The van der Waals surface area contributed by atoms with Gasteiger partial charge in [-0.15, -0.1) is 0 Å². The van der Waals surface area contributed by atoms with Crippen LogP contribution in [-0.2, 0) is 14.4 Å². The Hall–Kier alpha value is -2.21. The number of hydrogen-bond acceptors (Lipinski definition) is 4. The number of amides is 2. The molecule has 1 saturated heterocycles. The van der Waals surface area contributed by atoms with Gasteiger partial charge in [-0.25, -0.2) is 0 Å². The average Bonchev–Trinajstić information content (AvgIpc) is 2.93. The molecule has 1 aromatic carbocycles. The summed E-state index contributed by atoms with van der Waals surface area (Å²) in [5, 5.41) is 2.75. The fourth-order valence-corrected chi connectivity index (χ4v) is 2.81. The van der Waals surface area contributed by atoms with Crippen LogP contribution in [0, 0.1) is 12.8 Å². The van der Waals surface area contributed by atoms with Crippen molar-refractivity contribution in [3.05, 3.63) is 29.8 Å². The summed E-state index contributed by atoms with van der Waals surface area (Å²) in [5.74, 6) is -0.631. The molecule has 1 fully saturated rings. The lowest BCUT2D eigenvalue weighted by Gasteiger charge is -2.30. The van der Waals surface area contributed by atoms with Crippen LogP contribution >= 0.6 is 0 Å². The van der Waals surface area contributed by atoms with Crippen molar-refractivity contribution in [1.82, 2.24) is 5.32 Å². The maximum Gasteiger partial charge on any atom is 0.241 e. The molecule has 2 amide bonds. The van der Waals surface area contributed by atoms with Crippen LogP contribution in [0.1, 0.15) is 18.4 Å². The number of anilines is 1. The van der Waals surface area contributed by atoms with E-state index in [0.29, 0.717) is 25.1 Å². The van der Waals surface area contributed by atoms with E-state index in [-0.39, 0.29) is 24.3 Å². The number of carbonyl (C=O) groups excluding carboxylic acids is 3. The van der Waals surface area contributed by atoms with E-state index in [1.807, 2.05) is 25.1 Å². The van der Waals surface area contributed by atoms with Crippen molar-refractivity contribution in [1.29, 1.82) is 0 Å². The van der Waals surface area contributed by atoms with E-state index in [1.54, 1.807) is 6.07 Å². The third-order valence-corrected chi connectivity index (χ3v) is 4.00. The van der Waals surface area contributed by atoms with Gasteiger partial charge in [0.2, 0.25) is 11.8 Å². The van der Waals surface area contributed by atoms with Crippen molar-refractivity contribution >= 4 is 23.8 Å². The Bertz CT molecular complexity index is 574. The van der Waals surface area contributed by atoms with Crippen molar-refractivity contribution in [2.24, 2.45) is 11.7 Å². The molecule has 2 atom stereocenters. The van der Waals surface area contributed by atoms with E-state index < -0.39 is 6.04 Å². The highest BCUT2D eigenvalue weighted by atomic mass is 16.2. The topological polar surface area (TPSA) is 92.5 Å². The molecule has 0 radical (unpaired) electrons. The quantitative estimate of drug-likeness (QED) is 0.743. The molecule has 0 unspecified atom stereocenters. The van der Waals surface area contributed by atoms with Crippen molar-refractivity contribution in [3.63, 3.8) is 0 Å². The van der Waals surface area contributed by atoms with E-state index in [4.69, 9.17) is 5.73 Å². The Morgan fingerprint density at radius 2 is 2.23 bits per heavy atom. The van der Waals surface area contributed by atoms with Gasteiger partial charge >= 0.3 is 0 Å². The van der Waals surface area contributed by atoms with Crippen LogP contribution in [0.5, 0.6) is 0 Å². The highest BCUT2D eigenvalue weighted by Gasteiger charge is 2.32. The summed E-state index contributed by atoms with van der Waals surface area (Å²) in [6.45, 7) is 2.30. The fraction of sp³-hybridized carbons (Fsp3) is 0.438. The predicted molar refractivity (Wildman–Crippen MR) is 83.3 cm³/mol. The van der Waals surface area contributed by atoms with Gasteiger partial charge in [0.1, 0.15) is 6.29 Å². The van der Waals surface area contributed by atoms with Gasteiger partial charge in [0, 0.05) is 18.2 Å². The number of nitrogens with zero attached hydrogens (tertiary/aromatic N) is 1. The standard InChI is InChI=1S/C16H21N3O3/c1-11-4-2-3-5-14(11)19(15(21)9-17)13(10-20)8-12-6-7-18-16(12)22/h2-5,10,12-13H,6-9,17H2,1H3,(H,18,22)/t12-,13-/m0/s1. The molecular formula is C16H21N3O3. The van der Waals surface area contributed by atoms with Crippen molar-refractivity contribution in [3.8, 4) is 0 Å². The predicted octanol–water partition coefficient (Wildman–Crippen LogP) is 0.380. The Balaban J connectivity index is 2.30. The number of para-hydroxylation sites is 1. The van der Waals surface area contributed by atoms with Crippen LogP contribution in [-0.4, -0.2) is 37.2 Å². The minimum atomic E-state index is -0.689. The van der Waals surface area contributed by atoms with E-state index in [2.05, 4.69) is 5.32 Å². The van der Waals surface area contributed by atoms with Crippen LogP contribution in [0.3, 0.4) is 0 Å². The van der Waals surface area contributed by atoms with Gasteiger partial charge in [-0.3, -0.25) is 9.59 Å². The normalized spacial score (nSPS) is 18.6. The largest absolute Gasteiger partial charge is 0.356 e. The molecule has 1 heterocycles. The molecule has 6 nitrogen and oxygen atoms in total. The van der Waals surface area contributed by atoms with Gasteiger partial charge in [-0.05, 0) is 31.4 Å². The summed E-state index contributed by atoms with van der Waals surface area (Å²) < 4.78 is 0. The number of carbonyl (C=O) groups is 3. The number of aldehydes is 1. The van der Waals surface area contributed by atoms with Gasteiger partial charge in [0.15, 0.2) is 0 Å². The second-order valence-corrected chi connectivity index (χ2v) is 5.47. The zero-order chi connectivity index (χ0) is 16.1. The molecule has 118 valence electrons. The summed E-state index contributed by atoms with van der Waals surface area (Å²) in [5.41, 5.74) is 7.04. The van der Waals surface area contributed by atoms with Gasteiger partial charge in [-0.2, -0.15) is 0 Å². The third-order valence-electron chi connectivity index (χ3n) is 4.00. The number of rotatable bonds is 6. The lowest BCUT2D eigenvalue weighted by atomic mass is 9.97. The number of benzene rings is 1. The summed E-state index contributed by atoms with van der Waals surface area (Å²) in [7, 11) is 0. The van der Waals surface area contributed by atoms with Crippen LogP contribution in [0.4, 0.5) is 5.69 Å². The Morgan fingerprint density at radius 3 is 2.77 bits per heavy atom. The van der Waals surface area contributed by atoms with Crippen molar-refractivity contribution < 1.29 is 14.4 Å². The first-order valence-corrected chi connectivity index (χ1v) is 7.39. The zero-order valence-electron chi connectivity index (χ0n) is 12.6. The molecule has 1 aliphatic rings. The maximum absolute atomic E-state index is 12.3. The maximum atomic E-state index is 12.3. The highest BCUT2D eigenvalue weighted by Crippen LogP contribution is 2.26. The van der Waals surface area contributed by atoms with E-state index >= 15 is 0 Å². The van der Waals surface area contributed by atoms with Crippen LogP contribution in [0.2, 0.25) is 0 Å². The summed E-state index contributed by atoms with van der Waals surface area (Å²) in [4.78, 5) is 37.0. The minimum Gasteiger partial charge on any atom is -0.356 e. The summed E-state index contributed by atoms with van der Waals surface area (Å²) in [6, 6.07) is 6.64. The molecule has 3 N–H and O–H groups in total. The van der Waals surface area contributed by atoms with Gasteiger partial charge in [0.05, 0.1) is 12.6 Å². The summed E-state index contributed by atoms with van der Waals surface area (Å²) >= 11 is 0. The molecule has 1 aliphatic heterocycles.